The zero-order valence-electron chi connectivity index (χ0n) is 6.83. The first-order chi connectivity index (χ1) is 6.43. The standard InChI is InChI=1S/C7H8N6/c1-2-9-7-12-5(8-1)4-6(13-7)11-3-10-4/h3H,1-2H2,(H3,8,9,10,11,12,13). The molecule has 1 aliphatic rings. The number of hydrogen-bond donors (Lipinski definition) is 3. The Balaban J connectivity index is 2.35. The molecule has 0 aromatic carbocycles. The molecule has 0 saturated heterocycles. The molecule has 0 aliphatic carbocycles. The highest BCUT2D eigenvalue weighted by Crippen LogP contribution is 2.19. The van der Waals surface area contributed by atoms with Gasteiger partial charge in [0.05, 0.1) is 6.33 Å². The van der Waals surface area contributed by atoms with Crippen LogP contribution in [-0.4, -0.2) is 33.0 Å². The predicted molar refractivity (Wildman–Crippen MR) is 48.7 cm³/mol. The summed E-state index contributed by atoms with van der Waals surface area (Å²) in [6.07, 6.45) is 1.62. The van der Waals surface area contributed by atoms with Crippen molar-refractivity contribution in [1.82, 2.24) is 19.9 Å². The average Bonchev–Trinajstić information content (AvgIpc) is 2.51. The SMILES string of the molecule is c1nc2nc3nc(c2[nH]1)NCCN3. The van der Waals surface area contributed by atoms with E-state index in [0.717, 1.165) is 24.4 Å². The fraction of sp³-hybridized carbons (Fsp3) is 0.286. The Morgan fingerprint density at radius 1 is 1.15 bits per heavy atom. The Labute approximate surface area is 73.8 Å². The van der Waals surface area contributed by atoms with E-state index in [1.54, 1.807) is 6.33 Å². The van der Waals surface area contributed by atoms with E-state index in [9.17, 15) is 0 Å². The van der Waals surface area contributed by atoms with Crippen LogP contribution in [0.25, 0.3) is 11.2 Å². The third kappa shape index (κ3) is 0.915. The van der Waals surface area contributed by atoms with Gasteiger partial charge in [-0.1, -0.05) is 0 Å². The van der Waals surface area contributed by atoms with Crippen molar-refractivity contribution in [2.75, 3.05) is 23.7 Å². The van der Waals surface area contributed by atoms with Gasteiger partial charge in [-0.2, -0.15) is 9.97 Å². The van der Waals surface area contributed by atoms with Crippen molar-refractivity contribution >= 4 is 22.9 Å². The molecular weight excluding hydrogens is 168 g/mol. The molecule has 2 bridgehead atoms. The van der Waals surface area contributed by atoms with Gasteiger partial charge in [0.25, 0.3) is 0 Å². The van der Waals surface area contributed by atoms with Gasteiger partial charge in [0, 0.05) is 13.1 Å². The minimum absolute atomic E-state index is 0.639. The molecule has 3 N–H and O–H groups in total. The van der Waals surface area contributed by atoms with E-state index in [2.05, 4.69) is 30.6 Å². The highest BCUT2D eigenvalue weighted by atomic mass is 15.2. The van der Waals surface area contributed by atoms with Gasteiger partial charge in [0.15, 0.2) is 11.5 Å². The maximum absolute atomic E-state index is 4.27. The fourth-order valence-corrected chi connectivity index (χ4v) is 1.40. The third-order valence-corrected chi connectivity index (χ3v) is 1.99. The maximum atomic E-state index is 4.27. The molecular formula is C7H8N6. The Morgan fingerprint density at radius 2 is 2.08 bits per heavy atom. The van der Waals surface area contributed by atoms with Crippen LogP contribution < -0.4 is 10.6 Å². The van der Waals surface area contributed by atoms with Crippen molar-refractivity contribution in [3.63, 3.8) is 0 Å². The minimum atomic E-state index is 0.639. The zero-order chi connectivity index (χ0) is 8.67. The maximum Gasteiger partial charge on any atom is 0.226 e. The van der Waals surface area contributed by atoms with Crippen molar-refractivity contribution in [3.05, 3.63) is 6.33 Å². The van der Waals surface area contributed by atoms with Gasteiger partial charge < -0.3 is 15.6 Å². The number of rotatable bonds is 0. The summed E-state index contributed by atoms with van der Waals surface area (Å²) < 4.78 is 0. The first kappa shape index (κ1) is 6.64. The van der Waals surface area contributed by atoms with Gasteiger partial charge in [-0.25, -0.2) is 4.98 Å². The minimum Gasteiger partial charge on any atom is -0.366 e. The first-order valence-corrected chi connectivity index (χ1v) is 4.12. The molecule has 0 unspecified atom stereocenters. The summed E-state index contributed by atoms with van der Waals surface area (Å²) in [6.45, 7) is 1.67. The smallest absolute Gasteiger partial charge is 0.226 e. The molecule has 66 valence electrons. The van der Waals surface area contributed by atoms with E-state index in [0.29, 0.717) is 11.6 Å². The number of anilines is 2. The van der Waals surface area contributed by atoms with Crippen LogP contribution in [0.3, 0.4) is 0 Å². The van der Waals surface area contributed by atoms with E-state index in [1.807, 2.05) is 0 Å². The first-order valence-electron chi connectivity index (χ1n) is 4.12. The summed E-state index contributed by atoms with van der Waals surface area (Å²) in [5.74, 6) is 1.46. The summed E-state index contributed by atoms with van der Waals surface area (Å²) in [5.41, 5.74) is 1.56. The van der Waals surface area contributed by atoms with Gasteiger partial charge in [-0.15, -0.1) is 0 Å². The molecule has 2 aromatic heterocycles. The van der Waals surface area contributed by atoms with Crippen molar-refractivity contribution in [1.29, 1.82) is 0 Å². The Kier molecular flexibility index (Phi) is 1.18. The number of fused-ring (bicyclic) bond motifs is 4. The molecule has 3 heterocycles. The second-order valence-corrected chi connectivity index (χ2v) is 2.85. The molecule has 13 heavy (non-hydrogen) atoms. The molecule has 0 saturated carbocycles. The van der Waals surface area contributed by atoms with Crippen LogP contribution >= 0.6 is 0 Å². The number of nitrogens with zero attached hydrogens (tertiary/aromatic N) is 3. The second kappa shape index (κ2) is 2.32. The number of nitrogens with one attached hydrogen (secondary N) is 3. The zero-order valence-corrected chi connectivity index (χ0v) is 6.83. The van der Waals surface area contributed by atoms with Crippen LogP contribution in [0.2, 0.25) is 0 Å². The predicted octanol–water partition coefficient (Wildman–Crippen LogP) is 0.190. The number of H-pyrrole nitrogens is 1. The highest BCUT2D eigenvalue weighted by Gasteiger charge is 2.11. The largest absolute Gasteiger partial charge is 0.366 e. The molecule has 1 aliphatic heterocycles. The second-order valence-electron chi connectivity index (χ2n) is 2.85. The Hall–Kier alpha value is -1.85. The van der Waals surface area contributed by atoms with Crippen LogP contribution in [0, 0.1) is 0 Å². The van der Waals surface area contributed by atoms with Gasteiger partial charge >= 0.3 is 0 Å². The lowest BCUT2D eigenvalue weighted by molar-refractivity contribution is 1.08. The van der Waals surface area contributed by atoms with Crippen molar-refractivity contribution in [3.8, 4) is 0 Å². The average molecular weight is 176 g/mol. The molecule has 3 rings (SSSR count). The fourth-order valence-electron chi connectivity index (χ4n) is 1.40. The van der Waals surface area contributed by atoms with Gasteiger partial charge in [0.2, 0.25) is 5.95 Å². The van der Waals surface area contributed by atoms with E-state index >= 15 is 0 Å². The van der Waals surface area contributed by atoms with E-state index in [1.165, 1.54) is 0 Å². The Bertz CT molecular complexity index is 447. The van der Waals surface area contributed by atoms with E-state index in [-0.39, 0.29) is 0 Å². The quantitative estimate of drug-likeness (QED) is 0.534. The molecule has 6 nitrogen and oxygen atoms in total. The summed E-state index contributed by atoms with van der Waals surface area (Å²) in [5, 5.41) is 6.28. The van der Waals surface area contributed by atoms with Gasteiger partial charge in [-0.3, -0.25) is 0 Å². The summed E-state index contributed by atoms with van der Waals surface area (Å²) in [7, 11) is 0. The molecule has 0 atom stereocenters. The summed E-state index contributed by atoms with van der Waals surface area (Å²) in [6, 6.07) is 0. The van der Waals surface area contributed by atoms with Crippen LogP contribution in [-0.2, 0) is 0 Å². The van der Waals surface area contributed by atoms with Crippen molar-refractivity contribution < 1.29 is 0 Å². The lowest BCUT2D eigenvalue weighted by Crippen LogP contribution is -2.09. The van der Waals surface area contributed by atoms with Crippen LogP contribution in [0.5, 0.6) is 0 Å². The Morgan fingerprint density at radius 3 is 3.08 bits per heavy atom. The monoisotopic (exact) mass is 176 g/mol. The van der Waals surface area contributed by atoms with E-state index < -0.39 is 0 Å². The van der Waals surface area contributed by atoms with E-state index in [4.69, 9.17) is 0 Å². The number of aromatic amines is 1. The topological polar surface area (TPSA) is 78.5 Å². The van der Waals surface area contributed by atoms with Crippen LogP contribution in [0.1, 0.15) is 0 Å². The lowest BCUT2D eigenvalue weighted by atomic mass is 10.5. The molecule has 0 fully saturated rings. The summed E-state index contributed by atoms with van der Waals surface area (Å²) >= 11 is 0. The summed E-state index contributed by atoms with van der Waals surface area (Å²) in [4.78, 5) is 15.6. The van der Waals surface area contributed by atoms with Crippen LogP contribution in [0.15, 0.2) is 6.33 Å². The normalized spacial score (nSPS) is 14.8. The van der Waals surface area contributed by atoms with Crippen molar-refractivity contribution in [2.45, 2.75) is 0 Å². The molecule has 0 amide bonds. The van der Waals surface area contributed by atoms with Gasteiger partial charge in [-0.05, 0) is 0 Å². The number of imidazole rings is 1. The number of aromatic nitrogens is 4. The number of hydrogen-bond acceptors (Lipinski definition) is 5. The third-order valence-electron chi connectivity index (χ3n) is 1.99. The van der Waals surface area contributed by atoms with Crippen molar-refractivity contribution in [2.24, 2.45) is 0 Å². The van der Waals surface area contributed by atoms with Gasteiger partial charge in [0.1, 0.15) is 5.52 Å². The highest BCUT2D eigenvalue weighted by molar-refractivity contribution is 5.83. The molecule has 0 spiro atoms. The molecule has 2 aromatic rings. The van der Waals surface area contributed by atoms with Crippen LogP contribution in [0.4, 0.5) is 11.8 Å². The molecule has 6 heteroatoms. The lowest BCUT2D eigenvalue weighted by Gasteiger charge is -1.99. The molecule has 0 radical (unpaired) electrons.